The molecule has 0 spiro atoms. The molecule has 1 saturated heterocycles. The van der Waals surface area contributed by atoms with Gasteiger partial charge in [0, 0.05) is 51.4 Å². The molecule has 0 atom stereocenters. The molecule has 2 heterocycles. The van der Waals surface area contributed by atoms with E-state index in [0.717, 1.165) is 50.9 Å². The predicted octanol–water partition coefficient (Wildman–Crippen LogP) is 5.95. The van der Waals surface area contributed by atoms with Crippen LogP contribution >= 0.6 is 23.2 Å². The van der Waals surface area contributed by atoms with Crippen molar-refractivity contribution in [3.63, 3.8) is 0 Å². The molecule has 3 aromatic rings. The maximum atomic E-state index is 13.3. The normalized spacial score (nSPS) is 14.8. The zero-order valence-corrected chi connectivity index (χ0v) is 21.1. The minimum Gasteiger partial charge on any atom is -0.368 e. The average Bonchev–Trinajstić information content (AvgIpc) is 3.35. The summed E-state index contributed by atoms with van der Waals surface area (Å²) >= 11 is 12.5. The van der Waals surface area contributed by atoms with Crippen molar-refractivity contribution >= 4 is 34.8 Å². The first kappa shape index (κ1) is 26.3. The van der Waals surface area contributed by atoms with Gasteiger partial charge in [-0.3, -0.25) is 9.69 Å². The lowest BCUT2D eigenvalue weighted by Crippen LogP contribution is -2.47. The molecule has 192 valence electrons. The van der Waals surface area contributed by atoms with Gasteiger partial charge in [-0.15, -0.1) is 0 Å². The fourth-order valence-electron chi connectivity index (χ4n) is 4.23. The van der Waals surface area contributed by atoms with Crippen molar-refractivity contribution in [2.24, 2.45) is 0 Å². The van der Waals surface area contributed by atoms with Gasteiger partial charge < -0.3 is 14.3 Å². The van der Waals surface area contributed by atoms with Gasteiger partial charge in [0.15, 0.2) is 0 Å². The number of carbonyl (C=O) groups is 1. The molecule has 0 aliphatic carbocycles. The van der Waals surface area contributed by atoms with E-state index in [1.54, 1.807) is 13.1 Å². The quantitative estimate of drug-likeness (QED) is 0.370. The Balaban J connectivity index is 1.27. The van der Waals surface area contributed by atoms with Crippen LogP contribution in [0.15, 0.2) is 53.1 Å². The number of halogens is 5. The lowest BCUT2D eigenvalue weighted by atomic mass is 10.0. The Morgan fingerprint density at radius 2 is 1.81 bits per heavy atom. The van der Waals surface area contributed by atoms with Crippen molar-refractivity contribution in [3.05, 3.63) is 69.9 Å². The third-order valence-corrected chi connectivity index (χ3v) is 7.00. The number of hydrogen-bond acceptors (Lipinski definition) is 5. The Bertz CT molecular complexity index is 1210. The molecule has 1 amide bonds. The molecule has 0 unspecified atom stereocenters. The predicted molar refractivity (Wildman–Crippen MR) is 134 cm³/mol. The summed E-state index contributed by atoms with van der Waals surface area (Å²) in [7, 11) is 1.63. The highest BCUT2D eigenvalue weighted by atomic mass is 35.5. The van der Waals surface area contributed by atoms with Gasteiger partial charge in [0.05, 0.1) is 21.3 Å². The molecule has 4 rings (SSSR count). The Labute approximate surface area is 217 Å². The van der Waals surface area contributed by atoms with E-state index in [4.69, 9.17) is 27.7 Å². The van der Waals surface area contributed by atoms with Crippen LogP contribution in [0.25, 0.3) is 11.3 Å². The van der Waals surface area contributed by atoms with E-state index in [0.29, 0.717) is 16.6 Å². The summed E-state index contributed by atoms with van der Waals surface area (Å²) in [5.41, 5.74) is -0.0622. The molecular formula is C25H25Cl2F3N4O2. The molecule has 1 aliphatic rings. The zero-order chi connectivity index (χ0) is 25.9. The molecule has 11 heteroatoms. The maximum absolute atomic E-state index is 13.3. The van der Waals surface area contributed by atoms with E-state index < -0.39 is 17.6 Å². The number of amides is 1. The second-order valence-corrected chi connectivity index (χ2v) is 9.39. The number of benzene rings is 2. The number of alkyl halides is 3. The van der Waals surface area contributed by atoms with Gasteiger partial charge in [-0.2, -0.15) is 13.2 Å². The average molecular weight is 541 g/mol. The Hall–Kier alpha value is -2.75. The number of piperazine rings is 1. The van der Waals surface area contributed by atoms with Gasteiger partial charge in [-0.05, 0) is 31.2 Å². The smallest absolute Gasteiger partial charge is 0.368 e. The van der Waals surface area contributed by atoms with Gasteiger partial charge in [0.2, 0.25) is 5.76 Å². The van der Waals surface area contributed by atoms with Crippen LogP contribution in [-0.2, 0) is 6.18 Å². The zero-order valence-electron chi connectivity index (χ0n) is 19.6. The molecule has 0 N–H and O–H groups in total. The van der Waals surface area contributed by atoms with E-state index in [2.05, 4.69) is 15.0 Å². The number of aromatic nitrogens is 1. The van der Waals surface area contributed by atoms with Gasteiger partial charge in [0.1, 0.15) is 5.69 Å². The van der Waals surface area contributed by atoms with Crippen LogP contribution in [0.5, 0.6) is 0 Å². The van der Waals surface area contributed by atoms with Crippen molar-refractivity contribution in [2.75, 3.05) is 51.2 Å². The van der Waals surface area contributed by atoms with Gasteiger partial charge >= 0.3 is 6.18 Å². The topological polar surface area (TPSA) is 52.8 Å². The summed E-state index contributed by atoms with van der Waals surface area (Å²) in [4.78, 5) is 18.7. The van der Waals surface area contributed by atoms with Gasteiger partial charge in [-0.25, -0.2) is 0 Å². The van der Waals surface area contributed by atoms with Crippen LogP contribution in [0.2, 0.25) is 10.0 Å². The number of anilines is 1. The van der Waals surface area contributed by atoms with E-state index in [1.807, 2.05) is 12.1 Å². The van der Waals surface area contributed by atoms with Crippen LogP contribution in [0, 0.1) is 0 Å². The highest BCUT2D eigenvalue weighted by Crippen LogP contribution is 2.37. The molecule has 2 aromatic carbocycles. The maximum Gasteiger partial charge on any atom is 0.417 e. The number of nitrogens with zero attached hydrogens (tertiary/aromatic N) is 4. The third kappa shape index (κ3) is 5.96. The van der Waals surface area contributed by atoms with Gasteiger partial charge in [0.25, 0.3) is 5.91 Å². The molecular weight excluding hydrogens is 516 g/mol. The lowest BCUT2D eigenvalue weighted by molar-refractivity contribution is -0.137. The summed E-state index contributed by atoms with van der Waals surface area (Å²) in [6.07, 6.45) is -3.81. The summed E-state index contributed by atoms with van der Waals surface area (Å²) in [5, 5.41) is 4.80. The first-order valence-corrected chi connectivity index (χ1v) is 12.2. The third-order valence-electron chi connectivity index (χ3n) is 6.19. The minimum atomic E-state index is -4.54. The van der Waals surface area contributed by atoms with Crippen LogP contribution in [0.4, 0.5) is 18.9 Å². The Kier molecular flexibility index (Phi) is 8.12. The van der Waals surface area contributed by atoms with Crippen molar-refractivity contribution in [1.82, 2.24) is 15.0 Å². The molecule has 36 heavy (non-hydrogen) atoms. The fourth-order valence-corrected chi connectivity index (χ4v) is 4.64. The monoisotopic (exact) mass is 540 g/mol. The Morgan fingerprint density at radius 1 is 1.08 bits per heavy atom. The van der Waals surface area contributed by atoms with E-state index in [9.17, 15) is 18.0 Å². The summed E-state index contributed by atoms with van der Waals surface area (Å²) in [5.74, 6) is -0.532. The number of carbonyl (C=O) groups excluding carboxylic acids is 1. The molecule has 1 fully saturated rings. The minimum absolute atomic E-state index is 0.0302. The van der Waals surface area contributed by atoms with Crippen LogP contribution in [0.3, 0.4) is 0 Å². The number of rotatable bonds is 7. The highest BCUT2D eigenvalue weighted by Gasteiger charge is 2.34. The second kappa shape index (κ2) is 11.1. The molecule has 1 aromatic heterocycles. The molecule has 1 aliphatic heterocycles. The second-order valence-electron chi connectivity index (χ2n) is 8.60. The molecule has 0 radical (unpaired) electrons. The van der Waals surface area contributed by atoms with Gasteiger partial charge in [-0.1, -0.05) is 52.6 Å². The summed E-state index contributed by atoms with van der Waals surface area (Å²) in [6.45, 7) is 4.60. The van der Waals surface area contributed by atoms with Crippen molar-refractivity contribution in [3.8, 4) is 11.3 Å². The van der Waals surface area contributed by atoms with Crippen molar-refractivity contribution in [2.45, 2.75) is 12.6 Å². The summed E-state index contributed by atoms with van der Waals surface area (Å²) < 4.78 is 45.0. The SMILES string of the molecule is CN(CCCN1CCN(c2cccc(Cl)c2Cl)CC1)C(=O)c1cc(-c2ccccc2C(F)(F)F)no1. The first-order chi connectivity index (χ1) is 17.1. The molecule has 0 saturated carbocycles. The van der Waals surface area contributed by atoms with Crippen LogP contribution in [0.1, 0.15) is 22.5 Å². The molecule has 6 nitrogen and oxygen atoms in total. The Morgan fingerprint density at radius 3 is 2.53 bits per heavy atom. The number of hydrogen-bond donors (Lipinski definition) is 0. The molecule has 0 bridgehead atoms. The van der Waals surface area contributed by atoms with Crippen LogP contribution in [-0.4, -0.2) is 67.2 Å². The van der Waals surface area contributed by atoms with E-state index in [-0.39, 0.29) is 17.0 Å². The summed E-state index contributed by atoms with van der Waals surface area (Å²) in [6, 6.07) is 11.9. The van der Waals surface area contributed by atoms with Crippen molar-refractivity contribution in [1.29, 1.82) is 0 Å². The van der Waals surface area contributed by atoms with Crippen molar-refractivity contribution < 1.29 is 22.5 Å². The van der Waals surface area contributed by atoms with E-state index >= 15 is 0 Å². The van der Waals surface area contributed by atoms with Crippen LogP contribution < -0.4 is 4.90 Å². The highest BCUT2D eigenvalue weighted by molar-refractivity contribution is 6.43. The largest absolute Gasteiger partial charge is 0.417 e. The first-order valence-electron chi connectivity index (χ1n) is 11.4. The standard InChI is InChI=1S/C25H25Cl2F3N4O2/c1-32(10-5-11-33-12-14-34(15-13-33)21-9-4-8-19(26)23(21)27)24(35)22-16-20(31-36-22)17-6-2-3-7-18(17)25(28,29)30/h2-4,6-9,16H,5,10-15H2,1H3. The van der Waals surface area contributed by atoms with E-state index in [1.165, 1.54) is 29.2 Å². The lowest BCUT2D eigenvalue weighted by Gasteiger charge is -2.36. The fraction of sp³-hybridized carbons (Fsp3) is 0.360.